The molecular formula is C18H23N3O5S. The lowest BCUT2D eigenvalue weighted by atomic mass is 10.1. The molecule has 0 radical (unpaired) electrons. The summed E-state index contributed by atoms with van der Waals surface area (Å²) in [5.74, 6) is -0.604. The number of anilines is 1. The van der Waals surface area contributed by atoms with Gasteiger partial charge in [-0.2, -0.15) is 8.42 Å². The van der Waals surface area contributed by atoms with Gasteiger partial charge < -0.3 is 15.0 Å². The first-order valence-electron chi connectivity index (χ1n) is 9.07. The van der Waals surface area contributed by atoms with E-state index in [9.17, 15) is 18.0 Å². The topological polar surface area (TPSA) is 105 Å². The molecule has 0 bridgehead atoms. The molecule has 8 nitrogen and oxygen atoms in total. The average Bonchev–Trinajstić information content (AvgIpc) is 2.86. The van der Waals surface area contributed by atoms with Crippen molar-refractivity contribution in [2.24, 2.45) is 4.40 Å². The lowest BCUT2D eigenvalue weighted by Crippen LogP contribution is -2.36. The van der Waals surface area contributed by atoms with E-state index in [0.29, 0.717) is 31.0 Å². The minimum Gasteiger partial charge on any atom is -0.449 e. The number of hydrogen-bond acceptors (Lipinski definition) is 6. The molecule has 1 atom stereocenters. The van der Waals surface area contributed by atoms with Crippen LogP contribution in [0.15, 0.2) is 27.5 Å². The number of nitrogens with zero attached hydrogens (tertiary/aromatic N) is 2. The van der Waals surface area contributed by atoms with Crippen LogP contribution in [0.25, 0.3) is 0 Å². The monoisotopic (exact) mass is 393 g/mol. The summed E-state index contributed by atoms with van der Waals surface area (Å²) in [6, 6.07) is 4.41. The van der Waals surface area contributed by atoms with Gasteiger partial charge in [0.05, 0.1) is 11.3 Å². The van der Waals surface area contributed by atoms with Crippen molar-refractivity contribution in [3.8, 4) is 0 Å². The third-order valence-electron chi connectivity index (χ3n) is 4.59. The van der Waals surface area contributed by atoms with Crippen molar-refractivity contribution in [2.45, 2.75) is 50.5 Å². The van der Waals surface area contributed by atoms with Gasteiger partial charge in [0.25, 0.3) is 15.9 Å². The first-order chi connectivity index (χ1) is 12.8. The van der Waals surface area contributed by atoms with E-state index >= 15 is 0 Å². The number of amides is 1. The minimum atomic E-state index is -3.88. The van der Waals surface area contributed by atoms with Gasteiger partial charge in [-0.25, -0.2) is 4.79 Å². The zero-order chi connectivity index (χ0) is 19.6. The molecule has 1 saturated heterocycles. The molecule has 1 amide bonds. The molecule has 27 heavy (non-hydrogen) atoms. The van der Waals surface area contributed by atoms with Crippen LogP contribution in [-0.2, 0) is 19.6 Å². The molecule has 0 spiro atoms. The summed E-state index contributed by atoms with van der Waals surface area (Å²) in [4.78, 5) is 26.0. The quantitative estimate of drug-likeness (QED) is 0.783. The highest BCUT2D eigenvalue weighted by atomic mass is 32.2. The summed E-state index contributed by atoms with van der Waals surface area (Å²) in [7, 11) is -3.88. The van der Waals surface area contributed by atoms with Crippen LogP contribution < -0.4 is 10.2 Å². The number of rotatable bonds is 4. The Balaban J connectivity index is 1.89. The second-order valence-corrected chi connectivity index (χ2v) is 8.14. The Bertz CT molecular complexity index is 894. The molecule has 0 saturated carbocycles. The van der Waals surface area contributed by atoms with Gasteiger partial charge in [0, 0.05) is 19.5 Å². The third kappa shape index (κ3) is 3.97. The maximum Gasteiger partial charge on any atom is 0.338 e. The summed E-state index contributed by atoms with van der Waals surface area (Å²) < 4.78 is 34.3. The van der Waals surface area contributed by atoms with Gasteiger partial charge in [-0.1, -0.05) is 6.42 Å². The molecule has 0 aliphatic carbocycles. The fourth-order valence-electron chi connectivity index (χ4n) is 3.21. The highest BCUT2D eigenvalue weighted by Gasteiger charge is 2.32. The maximum absolute atomic E-state index is 12.6. The minimum absolute atomic E-state index is 0.00624. The number of carbonyl (C=O) groups is 2. The van der Waals surface area contributed by atoms with E-state index < -0.39 is 28.0 Å². The number of likely N-dealkylation sites (N-methyl/N-ethyl adjacent to an activating group) is 1. The number of amidine groups is 1. The third-order valence-corrected chi connectivity index (χ3v) is 5.92. The predicted molar refractivity (Wildman–Crippen MR) is 100 cm³/mol. The van der Waals surface area contributed by atoms with Gasteiger partial charge in [-0.15, -0.1) is 4.40 Å². The van der Waals surface area contributed by atoms with E-state index in [1.165, 1.54) is 19.1 Å². The summed E-state index contributed by atoms with van der Waals surface area (Å²) in [5.41, 5.74) is 0.608. The van der Waals surface area contributed by atoms with Crippen LogP contribution >= 0.6 is 0 Å². The predicted octanol–water partition coefficient (Wildman–Crippen LogP) is 1.85. The van der Waals surface area contributed by atoms with Crippen molar-refractivity contribution in [3.05, 3.63) is 23.8 Å². The molecule has 2 aliphatic rings. The van der Waals surface area contributed by atoms with Crippen molar-refractivity contribution >= 4 is 33.4 Å². The average molecular weight is 393 g/mol. The molecule has 1 N–H and O–H groups in total. The normalized spacial score (nSPS) is 19.0. The Kier molecular flexibility index (Phi) is 5.50. The van der Waals surface area contributed by atoms with Crippen LogP contribution in [0, 0.1) is 0 Å². The molecule has 3 rings (SSSR count). The number of hydrogen-bond donors (Lipinski definition) is 1. The van der Waals surface area contributed by atoms with E-state index in [1.807, 2.05) is 4.90 Å². The lowest BCUT2D eigenvalue weighted by Gasteiger charge is -2.29. The van der Waals surface area contributed by atoms with Crippen LogP contribution in [0.1, 0.15) is 49.9 Å². The molecule has 1 fully saturated rings. The number of carbonyl (C=O) groups excluding carboxylic acids is 2. The zero-order valence-electron chi connectivity index (χ0n) is 15.4. The van der Waals surface area contributed by atoms with E-state index in [-0.39, 0.29) is 10.5 Å². The largest absolute Gasteiger partial charge is 0.449 e. The van der Waals surface area contributed by atoms with E-state index in [4.69, 9.17) is 4.74 Å². The number of ether oxygens (including phenoxy) is 1. The SMILES string of the molecule is CCNC(=O)C(C)OC(=O)c1ccc2c(c1)S(=O)(=O)N=C1CCCCCN12. The Morgan fingerprint density at radius 3 is 2.81 bits per heavy atom. The fourth-order valence-corrected chi connectivity index (χ4v) is 4.49. The van der Waals surface area contributed by atoms with Crippen LogP contribution in [0.4, 0.5) is 5.69 Å². The molecular weight excluding hydrogens is 370 g/mol. The van der Waals surface area contributed by atoms with Crippen molar-refractivity contribution < 1.29 is 22.7 Å². The Morgan fingerprint density at radius 1 is 1.30 bits per heavy atom. The Morgan fingerprint density at radius 2 is 2.07 bits per heavy atom. The summed E-state index contributed by atoms with van der Waals surface area (Å²) in [5, 5.41) is 2.57. The standard InChI is InChI=1S/C18H23N3O5S/c1-3-19-17(22)12(2)26-18(23)13-8-9-14-15(11-13)27(24,25)20-16-7-5-4-6-10-21(14)16/h8-9,11-12H,3-7,10H2,1-2H3,(H,19,22). The van der Waals surface area contributed by atoms with Crippen molar-refractivity contribution in [3.63, 3.8) is 0 Å². The smallest absolute Gasteiger partial charge is 0.338 e. The van der Waals surface area contributed by atoms with Crippen LogP contribution in [0.5, 0.6) is 0 Å². The number of esters is 1. The lowest BCUT2D eigenvalue weighted by molar-refractivity contribution is -0.128. The van der Waals surface area contributed by atoms with Crippen LogP contribution in [-0.4, -0.2) is 45.3 Å². The number of fused-ring (bicyclic) bond motifs is 3. The molecule has 1 unspecified atom stereocenters. The van der Waals surface area contributed by atoms with Gasteiger partial charge in [0.15, 0.2) is 6.10 Å². The first kappa shape index (κ1) is 19.3. The highest BCUT2D eigenvalue weighted by Crippen LogP contribution is 2.35. The summed E-state index contributed by atoms with van der Waals surface area (Å²) >= 11 is 0. The highest BCUT2D eigenvalue weighted by molar-refractivity contribution is 7.90. The van der Waals surface area contributed by atoms with Crippen molar-refractivity contribution in [2.75, 3.05) is 18.0 Å². The molecule has 2 heterocycles. The number of sulfonamides is 1. The van der Waals surface area contributed by atoms with Gasteiger partial charge in [-0.3, -0.25) is 4.79 Å². The molecule has 146 valence electrons. The van der Waals surface area contributed by atoms with Gasteiger partial charge in [0.1, 0.15) is 10.7 Å². The van der Waals surface area contributed by atoms with Gasteiger partial charge in [-0.05, 0) is 44.9 Å². The Hall–Kier alpha value is -2.42. The van der Waals surface area contributed by atoms with Crippen molar-refractivity contribution in [1.82, 2.24) is 5.32 Å². The Labute approximate surface area is 158 Å². The number of nitrogens with one attached hydrogen (secondary N) is 1. The van der Waals surface area contributed by atoms with Gasteiger partial charge >= 0.3 is 5.97 Å². The first-order valence-corrected chi connectivity index (χ1v) is 10.5. The number of benzene rings is 1. The molecule has 1 aromatic carbocycles. The second kappa shape index (κ2) is 7.67. The summed E-state index contributed by atoms with van der Waals surface area (Å²) in [6.45, 7) is 4.34. The molecule has 9 heteroatoms. The molecule has 2 aliphatic heterocycles. The van der Waals surface area contributed by atoms with E-state index in [1.54, 1.807) is 13.0 Å². The van der Waals surface area contributed by atoms with E-state index in [0.717, 1.165) is 19.3 Å². The molecule has 1 aromatic rings. The molecule has 0 aromatic heterocycles. The maximum atomic E-state index is 12.6. The second-order valence-electron chi connectivity index (χ2n) is 6.57. The van der Waals surface area contributed by atoms with Crippen molar-refractivity contribution in [1.29, 1.82) is 0 Å². The van der Waals surface area contributed by atoms with Gasteiger partial charge in [0.2, 0.25) is 0 Å². The fraction of sp³-hybridized carbons (Fsp3) is 0.500. The van der Waals surface area contributed by atoms with E-state index in [2.05, 4.69) is 9.71 Å². The zero-order valence-corrected chi connectivity index (χ0v) is 16.2. The van der Waals surface area contributed by atoms with Crippen LogP contribution in [0.2, 0.25) is 0 Å². The summed E-state index contributed by atoms with van der Waals surface area (Å²) in [6.07, 6.45) is 2.52. The van der Waals surface area contributed by atoms with Crippen LogP contribution in [0.3, 0.4) is 0 Å².